The first-order valence-corrected chi connectivity index (χ1v) is 5.50. The van der Waals surface area contributed by atoms with Crippen LogP contribution in [0.4, 0.5) is 0 Å². The summed E-state index contributed by atoms with van der Waals surface area (Å²) in [6.45, 7) is 4.45. The quantitative estimate of drug-likeness (QED) is 0.516. The molecule has 0 bridgehead atoms. The summed E-state index contributed by atoms with van der Waals surface area (Å²) in [6.07, 6.45) is 12.3. The molecule has 0 nitrogen and oxygen atoms in total. The van der Waals surface area contributed by atoms with Crippen LogP contribution in [0, 0.1) is 5.92 Å². The van der Waals surface area contributed by atoms with Gasteiger partial charge in [0.1, 0.15) is 0 Å². The predicted octanol–water partition coefficient (Wildman–Crippen LogP) is 4.31. The van der Waals surface area contributed by atoms with Crippen molar-refractivity contribution in [2.75, 3.05) is 0 Å². The summed E-state index contributed by atoms with van der Waals surface area (Å²) >= 11 is 0. The fourth-order valence-electron chi connectivity index (χ4n) is 1.76. The zero-order valence-corrected chi connectivity index (χ0v) is 8.60. The van der Waals surface area contributed by atoms with Crippen LogP contribution in [0.5, 0.6) is 0 Å². The maximum Gasteiger partial charge on any atom is -0.0320 e. The summed E-state index contributed by atoms with van der Waals surface area (Å²) in [4.78, 5) is 0. The van der Waals surface area contributed by atoms with Crippen molar-refractivity contribution >= 4 is 0 Å². The van der Waals surface area contributed by atoms with E-state index in [1.54, 1.807) is 5.57 Å². The van der Waals surface area contributed by atoms with Gasteiger partial charge in [-0.05, 0) is 32.1 Å². The highest BCUT2D eigenvalue weighted by Crippen LogP contribution is 2.34. The maximum absolute atomic E-state index is 2.32. The Morgan fingerprint density at radius 3 is 2.58 bits per heavy atom. The van der Waals surface area contributed by atoms with Crippen LogP contribution >= 0.6 is 0 Å². The van der Waals surface area contributed by atoms with E-state index in [0.29, 0.717) is 0 Å². The first-order valence-electron chi connectivity index (χ1n) is 5.50. The van der Waals surface area contributed by atoms with E-state index in [0.717, 1.165) is 5.92 Å². The van der Waals surface area contributed by atoms with Crippen LogP contribution in [-0.2, 0) is 0 Å². The molecule has 0 spiro atoms. The SMILES string of the molecule is CC=C(CCC)CCCC1CC1. The Morgan fingerprint density at radius 1 is 1.33 bits per heavy atom. The van der Waals surface area contributed by atoms with Crippen molar-refractivity contribution in [3.63, 3.8) is 0 Å². The maximum atomic E-state index is 2.32. The van der Waals surface area contributed by atoms with Crippen molar-refractivity contribution in [2.24, 2.45) is 5.92 Å². The molecule has 1 rings (SSSR count). The van der Waals surface area contributed by atoms with Crippen molar-refractivity contribution in [3.8, 4) is 0 Å². The van der Waals surface area contributed by atoms with Crippen LogP contribution in [0.15, 0.2) is 11.6 Å². The zero-order valence-electron chi connectivity index (χ0n) is 8.60. The van der Waals surface area contributed by atoms with E-state index in [1.165, 1.54) is 44.9 Å². The highest BCUT2D eigenvalue weighted by molar-refractivity contribution is 4.99. The highest BCUT2D eigenvalue weighted by atomic mass is 14.3. The Hall–Kier alpha value is -0.260. The van der Waals surface area contributed by atoms with E-state index in [-0.39, 0.29) is 0 Å². The van der Waals surface area contributed by atoms with Gasteiger partial charge in [0.2, 0.25) is 0 Å². The third-order valence-electron chi connectivity index (χ3n) is 2.79. The van der Waals surface area contributed by atoms with Gasteiger partial charge in [0, 0.05) is 0 Å². The molecule has 0 N–H and O–H groups in total. The van der Waals surface area contributed by atoms with E-state index >= 15 is 0 Å². The minimum absolute atomic E-state index is 1.12. The number of hydrogen-bond donors (Lipinski definition) is 0. The Bertz CT molecular complexity index is 140. The minimum Gasteiger partial charge on any atom is -0.0885 e. The second-order valence-corrected chi connectivity index (χ2v) is 4.03. The molecule has 0 saturated heterocycles. The van der Waals surface area contributed by atoms with Crippen molar-refractivity contribution < 1.29 is 0 Å². The molecule has 0 heterocycles. The van der Waals surface area contributed by atoms with Gasteiger partial charge in [0.25, 0.3) is 0 Å². The van der Waals surface area contributed by atoms with Gasteiger partial charge in [-0.25, -0.2) is 0 Å². The molecular weight excluding hydrogens is 144 g/mol. The summed E-state index contributed by atoms with van der Waals surface area (Å²) in [5, 5.41) is 0. The molecule has 70 valence electrons. The molecule has 0 aromatic heterocycles. The molecule has 0 unspecified atom stereocenters. The molecular formula is C12H22. The normalized spacial score (nSPS) is 18.3. The summed E-state index contributed by atoms with van der Waals surface area (Å²) in [5.74, 6) is 1.12. The van der Waals surface area contributed by atoms with Gasteiger partial charge in [-0.3, -0.25) is 0 Å². The summed E-state index contributed by atoms with van der Waals surface area (Å²) < 4.78 is 0. The second kappa shape index (κ2) is 5.40. The molecule has 1 saturated carbocycles. The fourth-order valence-corrected chi connectivity index (χ4v) is 1.76. The minimum atomic E-state index is 1.12. The molecule has 0 heteroatoms. The van der Waals surface area contributed by atoms with E-state index in [2.05, 4.69) is 19.9 Å². The lowest BCUT2D eigenvalue weighted by molar-refractivity contribution is 0.649. The van der Waals surface area contributed by atoms with Gasteiger partial charge in [-0.15, -0.1) is 0 Å². The lowest BCUT2D eigenvalue weighted by Gasteiger charge is -2.04. The molecule has 1 fully saturated rings. The summed E-state index contributed by atoms with van der Waals surface area (Å²) in [6, 6.07) is 0. The average Bonchev–Trinajstić information content (AvgIpc) is 2.87. The van der Waals surface area contributed by atoms with Crippen LogP contribution in [0.25, 0.3) is 0 Å². The number of allylic oxidation sites excluding steroid dienone is 2. The molecule has 1 aliphatic carbocycles. The molecule has 0 aromatic carbocycles. The Balaban J connectivity index is 2.01. The third kappa shape index (κ3) is 3.94. The molecule has 0 amide bonds. The second-order valence-electron chi connectivity index (χ2n) is 4.03. The number of rotatable bonds is 6. The largest absolute Gasteiger partial charge is 0.0885 e. The van der Waals surface area contributed by atoms with Crippen molar-refractivity contribution in [1.29, 1.82) is 0 Å². The van der Waals surface area contributed by atoms with Crippen LogP contribution in [0.3, 0.4) is 0 Å². The third-order valence-corrected chi connectivity index (χ3v) is 2.79. The first-order chi connectivity index (χ1) is 5.86. The van der Waals surface area contributed by atoms with E-state index < -0.39 is 0 Å². The highest BCUT2D eigenvalue weighted by Gasteiger charge is 2.19. The summed E-state index contributed by atoms with van der Waals surface area (Å²) in [5.41, 5.74) is 1.68. The van der Waals surface area contributed by atoms with Crippen molar-refractivity contribution in [2.45, 2.75) is 58.8 Å². The van der Waals surface area contributed by atoms with Crippen molar-refractivity contribution in [3.05, 3.63) is 11.6 Å². The molecule has 0 aliphatic heterocycles. The lowest BCUT2D eigenvalue weighted by Crippen LogP contribution is -1.85. The Labute approximate surface area is 77.1 Å². The monoisotopic (exact) mass is 166 g/mol. The first kappa shape index (κ1) is 9.83. The predicted molar refractivity (Wildman–Crippen MR) is 55.2 cm³/mol. The topological polar surface area (TPSA) is 0 Å². The van der Waals surface area contributed by atoms with Gasteiger partial charge in [-0.1, -0.05) is 44.3 Å². The lowest BCUT2D eigenvalue weighted by atomic mass is 10.0. The van der Waals surface area contributed by atoms with Gasteiger partial charge in [-0.2, -0.15) is 0 Å². The standard InChI is InChI=1S/C12H22/c1-3-6-11(4-2)7-5-8-12-9-10-12/h4,12H,3,5-10H2,1-2H3. The molecule has 1 aliphatic rings. The Morgan fingerprint density at radius 2 is 2.08 bits per heavy atom. The fraction of sp³-hybridized carbons (Fsp3) is 0.833. The van der Waals surface area contributed by atoms with Gasteiger partial charge >= 0.3 is 0 Å². The molecule has 0 aromatic rings. The average molecular weight is 166 g/mol. The Kier molecular flexibility index (Phi) is 4.42. The van der Waals surface area contributed by atoms with Crippen LogP contribution in [-0.4, -0.2) is 0 Å². The zero-order chi connectivity index (χ0) is 8.81. The molecule has 12 heavy (non-hydrogen) atoms. The van der Waals surface area contributed by atoms with Gasteiger partial charge in [0.15, 0.2) is 0 Å². The van der Waals surface area contributed by atoms with Gasteiger partial charge in [0.05, 0.1) is 0 Å². The number of hydrogen-bond acceptors (Lipinski definition) is 0. The summed E-state index contributed by atoms with van der Waals surface area (Å²) in [7, 11) is 0. The molecule has 0 radical (unpaired) electrons. The van der Waals surface area contributed by atoms with Crippen LogP contribution < -0.4 is 0 Å². The van der Waals surface area contributed by atoms with Crippen LogP contribution in [0.1, 0.15) is 58.8 Å². The van der Waals surface area contributed by atoms with Gasteiger partial charge < -0.3 is 0 Å². The smallest absolute Gasteiger partial charge is 0.0320 e. The van der Waals surface area contributed by atoms with E-state index in [1.807, 2.05) is 0 Å². The van der Waals surface area contributed by atoms with Crippen molar-refractivity contribution in [1.82, 2.24) is 0 Å². The van der Waals surface area contributed by atoms with E-state index in [9.17, 15) is 0 Å². The molecule has 0 atom stereocenters. The van der Waals surface area contributed by atoms with Crippen LogP contribution in [0.2, 0.25) is 0 Å². The van der Waals surface area contributed by atoms with E-state index in [4.69, 9.17) is 0 Å².